The van der Waals surface area contributed by atoms with Gasteiger partial charge in [0.25, 0.3) is 0 Å². The van der Waals surface area contributed by atoms with Gasteiger partial charge in [0.2, 0.25) is 11.8 Å². The summed E-state index contributed by atoms with van der Waals surface area (Å²) in [5.41, 5.74) is 1.10. The maximum Gasteiger partial charge on any atom is 0.408 e. The van der Waals surface area contributed by atoms with Crippen molar-refractivity contribution in [1.82, 2.24) is 10.2 Å². The van der Waals surface area contributed by atoms with Crippen molar-refractivity contribution in [3.63, 3.8) is 0 Å². The van der Waals surface area contributed by atoms with Crippen LogP contribution in [-0.2, 0) is 9.59 Å². The maximum absolute atomic E-state index is 13.0. The van der Waals surface area contributed by atoms with Crippen molar-refractivity contribution in [3.8, 4) is 0 Å². The number of halogens is 3. The molecule has 0 unspecified atom stereocenters. The summed E-state index contributed by atoms with van der Waals surface area (Å²) in [6, 6.07) is -2.17. The zero-order chi connectivity index (χ0) is 17.0. The number of allylic oxidation sites excluding steroid dienone is 1. The summed E-state index contributed by atoms with van der Waals surface area (Å²) in [7, 11) is 0. The summed E-state index contributed by atoms with van der Waals surface area (Å²) in [4.78, 5) is 24.3. The number of hydrogen-bond acceptors (Lipinski definition) is 2. The third-order valence-corrected chi connectivity index (χ3v) is 4.54. The highest BCUT2D eigenvalue weighted by Gasteiger charge is 2.47. The minimum Gasteiger partial charge on any atom is -0.348 e. The molecular weight excluding hydrogens is 309 g/mol. The van der Waals surface area contributed by atoms with Crippen LogP contribution in [0.4, 0.5) is 13.2 Å². The molecule has 1 N–H and O–H groups in total. The minimum absolute atomic E-state index is 0.0889. The highest BCUT2D eigenvalue weighted by molar-refractivity contribution is 5.88. The number of amides is 2. The van der Waals surface area contributed by atoms with Gasteiger partial charge in [0, 0.05) is 25.6 Å². The Labute approximate surface area is 134 Å². The Morgan fingerprint density at radius 3 is 2.39 bits per heavy atom. The van der Waals surface area contributed by atoms with E-state index < -0.39 is 24.2 Å². The van der Waals surface area contributed by atoms with Crippen LogP contribution in [0.15, 0.2) is 11.6 Å². The first-order valence-corrected chi connectivity index (χ1v) is 8.11. The molecule has 7 heteroatoms. The second-order valence-electron chi connectivity index (χ2n) is 6.37. The van der Waals surface area contributed by atoms with Gasteiger partial charge in [0.05, 0.1) is 0 Å². The van der Waals surface area contributed by atoms with E-state index in [1.165, 1.54) is 6.42 Å². The lowest BCUT2D eigenvalue weighted by molar-refractivity contribution is -0.196. The molecule has 0 radical (unpaired) electrons. The first-order chi connectivity index (χ1) is 10.8. The fourth-order valence-electron chi connectivity index (χ4n) is 3.36. The Morgan fingerprint density at radius 1 is 1.17 bits per heavy atom. The standard InChI is InChI=1S/C16H23F3N2O2/c1-11(22)21-10-13(7-8-14(21)16(17,18)19)20-15(23)9-12-5-3-2-4-6-12/h9,13-14H,2-8,10H2,1H3,(H,20,23)/t13-,14-/m0/s1. The smallest absolute Gasteiger partial charge is 0.348 e. The van der Waals surface area contributed by atoms with Gasteiger partial charge in [-0.2, -0.15) is 13.2 Å². The fourth-order valence-corrected chi connectivity index (χ4v) is 3.36. The van der Waals surface area contributed by atoms with E-state index in [9.17, 15) is 22.8 Å². The molecule has 2 aliphatic rings. The number of hydrogen-bond donors (Lipinski definition) is 1. The third-order valence-electron chi connectivity index (χ3n) is 4.54. The summed E-state index contributed by atoms with van der Waals surface area (Å²) < 4.78 is 38.9. The van der Waals surface area contributed by atoms with E-state index in [1.54, 1.807) is 6.08 Å². The molecule has 1 aliphatic carbocycles. The number of likely N-dealkylation sites (tertiary alicyclic amines) is 1. The number of carbonyl (C=O) groups excluding carboxylic acids is 2. The molecular formula is C16H23F3N2O2. The SMILES string of the molecule is CC(=O)N1C[C@@H](NC(=O)C=C2CCCCC2)CC[C@H]1C(F)(F)F. The second-order valence-corrected chi connectivity index (χ2v) is 6.37. The van der Waals surface area contributed by atoms with Gasteiger partial charge >= 0.3 is 6.18 Å². The highest BCUT2D eigenvalue weighted by Crippen LogP contribution is 2.32. The Balaban J connectivity index is 1.94. The van der Waals surface area contributed by atoms with Crippen LogP contribution < -0.4 is 5.32 Å². The molecule has 1 saturated carbocycles. The van der Waals surface area contributed by atoms with Crippen molar-refractivity contribution in [3.05, 3.63) is 11.6 Å². The number of rotatable bonds is 2. The van der Waals surface area contributed by atoms with Crippen molar-refractivity contribution in [2.45, 2.75) is 70.1 Å². The van der Waals surface area contributed by atoms with E-state index in [0.717, 1.165) is 43.1 Å². The van der Waals surface area contributed by atoms with Gasteiger partial charge in [-0.1, -0.05) is 12.0 Å². The molecule has 0 aromatic rings. The Hall–Kier alpha value is -1.53. The van der Waals surface area contributed by atoms with E-state index in [4.69, 9.17) is 0 Å². The molecule has 0 spiro atoms. The molecule has 1 saturated heterocycles. The van der Waals surface area contributed by atoms with Crippen molar-refractivity contribution < 1.29 is 22.8 Å². The number of nitrogens with zero attached hydrogens (tertiary/aromatic N) is 1. The van der Waals surface area contributed by atoms with E-state index in [1.807, 2.05) is 0 Å². The largest absolute Gasteiger partial charge is 0.408 e. The Morgan fingerprint density at radius 2 is 1.83 bits per heavy atom. The molecule has 2 rings (SSSR count). The highest BCUT2D eigenvalue weighted by atomic mass is 19.4. The van der Waals surface area contributed by atoms with Crippen LogP contribution in [-0.4, -0.2) is 41.5 Å². The molecule has 4 nitrogen and oxygen atoms in total. The van der Waals surface area contributed by atoms with Gasteiger partial charge in [-0.3, -0.25) is 9.59 Å². The van der Waals surface area contributed by atoms with Crippen molar-refractivity contribution in [2.75, 3.05) is 6.54 Å². The number of alkyl halides is 3. The van der Waals surface area contributed by atoms with Gasteiger partial charge < -0.3 is 10.2 Å². The summed E-state index contributed by atoms with van der Waals surface area (Å²) in [6.45, 7) is 1.04. The molecule has 1 heterocycles. The molecule has 2 fully saturated rings. The monoisotopic (exact) mass is 332 g/mol. The Bertz CT molecular complexity index is 480. The molecule has 2 amide bonds. The van der Waals surface area contributed by atoms with E-state index in [2.05, 4.69) is 5.32 Å². The summed E-state index contributed by atoms with van der Waals surface area (Å²) in [6.07, 6.45) is 2.35. The predicted octanol–water partition coefficient (Wildman–Crippen LogP) is 2.93. The summed E-state index contributed by atoms with van der Waals surface area (Å²) >= 11 is 0. The summed E-state index contributed by atoms with van der Waals surface area (Å²) in [5.74, 6) is -0.877. The van der Waals surface area contributed by atoms with Gasteiger partial charge in [-0.25, -0.2) is 0 Å². The lowest BCUT2D eigenvalue weighted by Gasteiger charge is -2.40. The van der Waals surface area contributed by atoms with Crippen LogP contribution in [0, 0.1) is 0 Å². The van der Waals surface area contributed by atoms with Crippen LogP contribution in [0.2, 0.25) is 0 Å². The van der Waals surface area contributed by atoms with Crippen molar-refractivity contribution >= 4 is 11.8 Å². The molecule has 23 heavy (non-hydrogen) atoms. The molecule has 130 valence electrons. The third kappa shape index (κ3) is 4.97. The van der Waals surface area contributed by atoms with Crippen LogP contribution in [0.25, 0.3) is 0 Å². The van der Waals surface area contributed by atoms with Crippen LogP contribution in [0.5, 0.6) is 0 Å². The minimum atomic E-state index is -4.43. The molecule has 0 bridgehead atoms. The van der Waals surface area contributed by atoms with E-state index in [-0.39, 0.29) is 25.3 Å². The summed E-state index contributed by atoms with van der Waals surface area (Å²) in [5, 5.41) is 2.75. The number of piperidine rings is 1. The molecule has 0 aromatic carbocycles. The lowest BCUT2D eigenvalue weighted by atomic mass is 9.94. The molecule has 0 aromatic heterocycles. The first-order valence-electron chi connectivity index (χ1n) is 8.11. The van der Waals surface area contributed by atoms with Crippen LogP contribution >= 0.6 is 0 Å². The topological polar surface area (TPSA) is 49.4 Å². The average molecular weight is 332 g/mol. The van der Waals surface area contributed by atoms with Gasteiger partial charge in [-0.05, 0) is 38.5 Å². The molecule has 1 aliphatic heterocycles. The number of nitrogens with one attached hydrogen (secondary N) is 1. The predicted molar refractivity (Wildman–Crippen MR) is 79.6 cm³/mol. The van der Waals surface area contributed by atoms with E-state index >= 15 is 0 Å². The lowest BCUT2D eigenvalue weighted by Crippen LogP contribution is -2.57. The zero-order valence-corrected chi connectivity index (χ0v) is 13.3. The van der Waals surface area contributed by atoms with Gasteiger partial charge in [0.15, 0.2) is 0 Å². The van der Waals surface area contributed by atoms with Gasteiger partial charge in [-0.15, -0.1) is 0 Å². The van der Waals surface area contributed by atoms with Crippen LogP contribution in [0.1, 0.15) is 51.9 Å². The van der Waals surface area contributed by atoms with Gasteiger partial charge in [0.1, 0.15) is 6.04 Å². The van der Waals surface area contributed by atoms with E-state index in [0.29, 0.717) is 0 Å². The quantitative estimate of drug-likeness (QED) is 0.791. The van der Waals surface area contributed by atoms with Crippen LogP contribution in [0.3, 0.4) is 0 Å². The zero-order valence-electron chi connectivity index (χ0n) is 13.3. The first kappa shape index (κ1) is 17.8. The van der Waals surface area contributed by atoms with Crippen molar-refractivity contribution in [1.29, 1.82) is 0 Å². The number of carbonyl (C=O) groups is 2. The van der Waals surface area contributed by atoms with Crippen molar-refractivity contribution in [2.24, 2.45) is 0 Å². The normalized spacial score (nSPS) is 25.9. The average Bonchev–Trinajstić information content (AvgIpc) is 2.46. The molecule has 2 atom stereocenters. The fraction of sp³-hybridized carbons (Fsp3) is 0.750. The maximum atomic E-state index is 13.0. The Kier molecular flexibility index (Phi) is 5.70. The second kappa shape index (κ2) is 7.36.